The normalized spacial score (nSPS) is 23.3. The van der Waals surface area contributed by atoms with E-state index in [9.17, 15) is 5.11 Å². The average Bonchev–Trinajstić information content (AvgIpc) is 3.32. The highest BCUT2D eigenvalue weighted by Crippen LogP contribution is 2.43. The summed E-state index contributed by atoms with van der Waals surface area (Å²) in [6, 6.07) is 9.90. The summed E-state index contributed by atoms with van der Waals surface area (Å²) < 4.78 is 1.64. The van der Waals surface area contributed by atoms with E-state index in [2.05, 4.69) is 32.2 Å². The van der Waals surface area contributed by atoms with Gasteiger partial charge in [-0.1, -0.05) is 12.8 Å². The van der Waals surface area contributed by atoms with Crippen LogP contribution in [0, 0.1) is 18.8 Å². The van der Waals surface area contributed by atoms with Gasteiger partial charge in [0.25, 0.3) is 0 Å². The first-order valence-electron chi connectivity index (χ1n) is 10.4. The molecule has 2 heterocycles. The lowest BCUT2D eigenvalue weighted by molar-refractivity contribution is 0.312. The molecule has 0 spiro atoms. The first-order valence-corrected chi connectivity index (χ1v) is 10.4. The monoisotopic (exact) mass is 390 g/mol. The number of nitrogens with zero attached hydrogens (tertiary/aromatic N) is 6. The van der Waals surface area contributed by atoms with Crippen molar-refractivity contribution < 1.29 is 5.11 Å². The van der Waals surface area contributed by atoms with Crippen molar-refractivity contribution in [2.45, 2.75) is 45.1 Å². The molecule has 0 aliphatic heterocycles. The molecule has 2 aliphatic carbocycles. The van der Waals surface area contributed by atoms with E-state index in [-0.39, 0.29) is 5.75 Å². The Hall–Kier alpha value is -2.96. The van der Waals surface area contributed by atoms with Crippen LogP contribution in [0.3, 0.4) is 0 Å². The molecule has 7 heteroatoms. The molecular weight excluding hydrogens is 364 g/mol. The number of hydrogen-bond donors (Lipinski definition) is 1. The number of phenols is 1. The lowest BCUT2D eigenvalue weighted by atomic mass is 9.85. The Kier molecular flexibility index (Phi) is 4.45. The fourth-order valence-electron chi connectivity index (χ4n) is 4.98. The van der Waals surface area contributed by atoms with Crippen LogP contribution in [0.25, 0.3) is 16.9 Å². The average molecular weight is 390 g/mol. The number of hydrogen-bond acceptors (Lipinski definition) is 6. The van der Waals surface area contributed by atoms with Crippen LogP contribution in [0.5, 0.6) is 5.75 Å². The number of aromatic hydroxyl groups is 1. The van der Waals surface area contributed by atoms with E-state index < -0.39 is 0 Å². The minimum Gasteiger partial charge on any atom is -0.507 e. The van der Waals surface area contributed by atoms with E-state index in [1.54, 1.807) is 17.1 Å². The Morgan fingerprint density at radius 3 is 2.45 bits per heavy atom. The summed E-state index contributed by atoms with van der Waals surface area (Å²) in [7, 11) is 2.13. The smallest absolute Gasteiger partial charge is 0.151 e. The maximum Gasteiger partial charge on any atom is 0.151 e. The summed E-state index contributed by atoms with van der Waals surface area (Å²) in [5.41, 5.74) is 2.07. The minimum atomic E-state index is 0.148. The highest BCUT2D eigenvalue weighted by molar-refractivity contribution is 5.69. The summed E-state index contributed by atoms with van der Waals surface area (Å²) in [6.07, 6.45) is 8.36. The third-order valence-corrected chi connectivity index (χ3v) is 6.55. The van der Waals surface area contributed by atoms with Crippen LogP contribution in [-0.4, -0.2) is 43.2 Å². The molecule has 2 aliphatic rings. The van der Waals surface area contributed by atoms with Gasteiger partial charge >= 0.3 is 0 Å². The molecule has 0 radical (unpaired) electrons. The van der Waals surface area contributed by atoms with Gasteiger partial charge in [0.05, 0.1) is 11.4 Å². The molecule has 29 heavy (non-hydrogen) atoms. The number of benzene rings is 1. The minimum absolute atomic E-state index is 0.148. The molecule has 3 aromatic rings. The van der Waals surface area contributed by atoms with Gasteiger partial charge in [0.2, 0.25) is 0 Å². The lowest BCUT2D eigenvalue weighted by Crippen LogP contribution is -2.37. The Labute approximate surface area is 170 Å². The fourth-order valence-corrected chi connectivity index (χ4v) is 4.98. The highest BCUT2D eigenvalue weighted by Gasteiger charge is 2.36. The number of anilines is 1. The molecule has 5 rings (SSSR count). The van der Waals surface area contributed by atoms with Crippen molar-refractivity contribution in [2.24, 2.45) is 11.8 Å². The van der Waals surface area contributed by atoms with Crippen LogP contribution >= 0.6 is 0 Å². The van der Waals surface area contributed by atoms with Gasteiger partial charge in [-0.05, 0) is 62.3 Å². The molecule has 2 aromatic heterocycles. The second-order valence-corrected chi connectivity index (χ2v) is 8.50. The Morgan fingerprint density at radius 2 is 1.83 bits per heavy atom. The molecule has 0 saturated heterocycles. The summed E-state index contributed by atoms with van der Waals surface area (Å²) in [6.45, 7) is 1.83. The van der Waals surface area contributed by atoms with E-state index in [0.717, 1.165) is 23.3 Å². The van der Waals surface area contributed by atoms with Crippen LogP contribution < -0.4 is 4.90 Å². The molecule has 2 unspecified atom stereocenters. The molecule has 0 amide bonds. The predicted molar refractivity (Wildman–Crippen MR) is 111 cm³/mol. The number of fused-ring (bicyclic) bond motifs is 2. The molecule has 150 valence electrons. The molecular formula is C22H26N6O. The van der Waals surface area contributed by atoms with Gasteiger partial charge in [0, 0.05) is 24.7 Å². The van der Waals surface area contributed by atoms with E-state index in [1.807, 2.05) is 31.2 Å². The second-order valence-electron chi connectivity index (χ2n) is 8.50. The highest BCUT2D eigenvalue weighted by atomic mass is 16.3. The topological polar surface area (TPSA) is 80.0 Å². The first-order chi connectivity index (χ1) is 14.1. The molecule has 7 nitrogen and oxygen atoms in total. The molecule has 1 N–H and O–H groups in total. The molecule has 2 saturated carbocycles. The maximum atomic E-state index is 10.5. The quantitative estimate of drug-likeness (QED) is 0.731. The number of aromatic nitrogens is 5. The SMILES string of the molecule is Cc1ncn(-c2ccc(-c3ccc(N(C)C4CC5CC[C@@H](C5)C4)nn3)c(O)c2)n1. The number of phenolic OH excluding ortho intramolecular Hbond substituents is 1. The van der Waals surface area contributed by atoms with E-state index in [4.69, 9.17) is 0 Å². The van der Waals surface area contributed by atoms with Crippen molar-refractivity contribution in [3.05, 3.63) is 42.5 Å². The third-order valence-electron chi connectivity index (χ3n) is 6.55. The second kappa shape index (κ2) is 7.13. The number of rotatable bonds is 4. The fraction of sp³-hybridized carbons (Fsp3) is 0.455. The predicted octanol–water partition coefficient (Wildman–Crippen LogP) is 3.75. The molecule has 2 bridgehead atoms. The van der Waals surface area contributed by atoms with Gasteiger partial charge in [-0.25, -0.2) is 9.67 Å². The standard InChI is InChI=1S/C22H26N6O/c1-14-23-13-28(26-14)17-5-6-19(21(29)12-17)20-7-8-22(25-24-20)27(2)18-10-15-3-4-16(9-15)11-18/h5-8,12-13,15-16,18,29H,3-4,9-11H2,1-2H3/t15-,16?,18?/m0/s1. The van der Waals surface area contributed by atoms with E-state index in [1.165, 1.54) is 32.1 Å². The zero-order valence-electron chi connectivity index (χ0n) is 16.9. The van der Waals surface area contributed by atoms with Crippen LogP contribution in [0.15, 0.2) is 36.7 Å². The molecule has 3 atom stereocenters. The molecule has 1 aromatic carbocycles. The van der Waals surface area contributed by atoms with Gasteiger partial charge in [-0.3, -0.25) is 0 Å². The van der Waals surface area contributed by atoms with Gasteiger partial charge in [-0.2, -0.15) is 5.10 Å². The zero-order chi connectivity index (χ0) is 20.0. The van der Waals surface area contributed by atoms with Crippen LogP contribution in [0.2, 0.25) is 0 Å². The van der Waals surface area contributed by atoms with Gasteiger partial charge in [0.15, 0.2) is 5.82 Å². The zero-order valence-corrected chi connectivity index (χ0v) is 16.9. The summed E-state index contributed by atoms with van der Waals surface area (Å²) >= 11 is 0. The van der Waals surface area contributed by atoms with Crippen molar-refractivity contribution in [3.8, 4) is 22.7 Å². The van der Waals surface area contributed by atoms with Gasteiger partial charge in [0.1, 0.15) is 17.9 Å². The summed E-state index contributed by atoms with van der Waals surface area (Å²) in [5, 5.41) is 23.7. The van der Waals surface area contributed by atoms with Crippen LogP contribution in [0.1, 0.15) is 37.9 Å². The Morgan fingerprint density at radius 1 is 1.03 bits per heavy atom. The van der Waals surface area contributed by atoms with Crippen molar-refractivity contribution in [1.82, 2.24) is 25.0 Å². The van der Waals surface area contributed by atoms with Crippen LogP contribution in [-0.2, 0) is 0 Å². The number of aryl methyl sites for hydroxylation is 1. The van der Waals surface area contributed by atoms with Crippen molar-refractivity contribution >= 4 is 5.82 Å². The van der Waals surface area contributed by atoms with Gasteiger partial charge in [-0.15, -0.1) is 10.2 Å². The lowest BCUT2D eigenvalue weighted by Gasteiger charge is -2.35. The van der Waals surface area contributed by atoms with Crippen molar-refractivity contribution in [3.63, 3.8) is 0 Å². The van der Waals surface area contributed by atoms with Crippen LogP contribution in [0.4, 0.5) is 5.82 Å². The van der Waals surface area contributed by atoms with E-state index >= 15 is 0 Å². The maximum absolute atomic E-state index is 10.5. The Bertz CT molecular complexity index is 1000. The Balaban J connectivity index is 1.34. The molecule has 2 fully saturated rings. The van der Waals surface area contributed by atoms with Crippen molar-refractivity contribution in [2.75, 3.05) is 11.9 Å². The largest absolute Gasteiger partial charge is 0.507 e. The third kappa shape index (κ3) is 3.45. The van der Waals surface area contributed by atoms with Gasteiger partial charge < -0.3 is 10.0 Å². The summed E-state index contributed by atoms with van der Waals surface area (Å²) in [5.74, 6) is 3.50. The summed E-state index contributed by atoms with van der Waals surface area (Å²) in [4.78, 5) is 6.41. The van der Waals surface area contributed by atoms with Crippen molar-refractivity contribution in [1.29, 1.82) is 0 Å². The van der Waals surface area contributed by atoms with E-state index in [0.29, 0.717) is 23.1 Å². The first kappa shape index (κ1) is 18.1.